The molecule has 0 aliphatic rings. The van der Waals surface area contributed by atoms with E-state index in [-0.39, 0.29) is 12.5 Å². The molecule has 0 atom stereocenters. The molecule has 0 saturated heterocycles. The molecular formula is C25H26N4O4. The maximum absolute atomic E-state index is 13.3. The van der Waals surface area contributed by atoms with Gasteiger partial charge in [-0.2, -0.15) is 5.10 Å². The van der Waals surface area contributed by atoms with Crippen molar-refractivity contribution in [2.45, 2.75) is 13.5 Å². The van der Waals surface area contributed by atoms with E-state index in [1.54, 1.807) is 26.0 Å². The van der Waals surface area contributed by atoms with Gasteiger partial charge in [0.1, 0.15) is 0 Å². The zero-order valence-corrected chi connectivity index (χ0v) is 19.3. The van der Waals surface area contributed by atoms with Crippen molar-refractivity contribution in [1.29, 1.82) is 0 Å². The normalized spacial score (nSPS) is 10.8. The lowest BCUT2D eigenvalue weighted by atomic mass is 10.0. The van der Waals surface area contributed by atoms with E-state index in [0.717, 1.165) is 22.2 Å². The Labute approximate surface area is 192 Å². The van der Waals surface area contributed by atoms with Crippen LogP contribution in [0.3, 0.4) is 0 Å². The second kappa shape index (κ2) is 9.20. The molecule has 0 bridgehead atoms. The van der Waals surface area contributed by atoms with Crippen LogP contribution in [0, 0.1) is 6.92 Å². The quantitative estimate of drug-likeness (QED) is 0.463. The van der Waals surface area contributed by atoms with Gasteiger partial charge in [-0.1, -0.05) is 30.3 Å². The van der Waals surface area contributed by atoms with Crippen LogP contribution in [0.2, 0.25) is 0 Å². The van der Waals surface area contributed by atoms with E-state index in [1.165, 1.54) is 0 Å². The highest BCUT2D eigenvalue weighted by Gasteiger charge is 2.20. The molecule has 1 amide bonds. The van der Waals surface area contributed by atoms with Crippen LogP contribution >= 0.6 is 0 Å². The molecule has 8 heteroatoms. The highest BCUT2D eigenvalue weighted by Crippen LogP contribution is 2.38. The summed E-state index contributed by atoms with van der Waals surface area (Å²) in [4.78, 5) is 18.1. The Morgan fingerprint density at radius 3 is 2.27 bits per heavy atom. The lowest BCUT2D eigenvalue weighted by molar-refractivity contribution is 0.0952. The van der Waals surface area contributed by atoms with Crippen LogP contribution in [-0.2, 0) is 13.6 Å². The van der Waals surface area contributed by atoms with Gasteiger partial charge in [0.15, 0.2) is 17.1 Å². The summed E-state index contributed by atoms with van der Waals surface area (Å²) in [6.07, 6.45) is 0. The van der Waals surface area contributed by atoms with Crippen LogP contribution in [-0.4, -0.2) is 42.0 Å². The zero-order chi connectivity index (χ0) is 23.5. The summed E-state index contributed by atoms with van der Waals surface area (Å²) in [6, 6.07) is 15.2. The minimum Gasteiger partial charge on any atom is -0.493 e. The number of ether oxygens (including phenoxy) is 3. The first kappa shape index (κ1) is 22.1. The topological polar surface area (TPSA) is 87.5 Å². The van der Waals surface area contributed by atoms with E-state index in [0.29, 0.717) is 34.2 Å². The van der Waals surface area contributed by atoms with Gasteiger partial charge in [0, 0.05) is 19.2 Å². The highest BCUT2D eigenvalue weighted by molar-refractivity contribution is 6.07. The summed E-state index contributed by atoms with van der Waals surface area (Å²) in [7, 11) is 6.50. The number of aromatic nitrogens is 3. The third kappa shape index (κ3) is 4.19. The summed E-state index contributed by atoms with van der Waals surface area (Å²) >= 11 is 0. The number of amides is 1. The van der Waals surface area contributed by atoms with Crippen LogP contribution in [0.15, 0.2) is 48.5 Å². The number of methoxy groups -OCH3 is 3. The molecule has 4 aromatic rings. The van der Waals surface area contributed by atoms with Gasteiger partial charge in [0.25, 0.3) is 5.91 Å². The van der Waals surface area contributed by atoms with Gasteiger partial charge in [-0.15, -0.1) is 0 Å². The Kier molecular flexibility index (Phi) is 6.17. The molecule has 0 saturated carbocycles. The van der Waals surface area contributed by atoms with Gasteiger partial charge in [0.05, 0.1) is 43.7 Å². The van der Waals surface area contributed by atoms with Gasteiger partial charge in [-0.05, 0) is 30.7 Å². The second-order valence-electron chi connectivity index (χ2n) is 7.54. The summed E-state index contributed by atoms with van der Waals surface area (Å²) < 4.78 is 17.9. The first-order valence-electron chi connectivity index (χ1n) is 10.4. The Hall–Kier alpha value is -4.07. The molecule has 0 radical (unpaired) electrons. The SMILES string of the molecule is COc1cc(CNC(=O)c2cc(-c3ccccc3)nc3c2c(C)nn3C)cc(OC)c1OC. The number of fused-ring (bicyclic) bond motifs is 1. The number of hydrogen-bond acceptors (Lipinski definition) is 6. The third-order valence-corrected chi connectivity index (χ3v) is 5.46. The van der Waals surface area contributed by atoms with Gasteiger partial charge in [-0.25, -0.2) is 4.98 Å². The minimum absolute atomic E-state index is 0.218. The summed E-state index contributed by atoms with van der Waals surface area (Å²) in [5, 5.41) is 8.22. The third-order valence-electron chi connectivity index (χ3n) is 5.46. The lowest BCUT2D eigenvalue weighted by Crippen LogP contribution is -2.23. The fraction of sp³-hybridized carbons (Fsp3) is 0.240. The van der Waals surface area contributed by atoms with Gasteiger partial charge in [0.2, 0.25) is 5.75 Å². The lowest BCUT2D eigenvalue weighted by Gasteiger charge is -2.15. The Morgan fingerprint density at radius 2 is 1.67 bits per heavy atom. The first-order valence-corrected chi connectivity index (χ1v) is 10.4. The average Bonchev–Trinajstić information content (AvgIpc) is 3.14. The molecule has 1 N–H and O–H groups in total. The molecule has 8 nitrogen and oxygen atoms in total. The number of benzene rings is 2. The van der Waals surface area contributed by atoms with E-state index < -0.39 is 0 Å². The summed E-state index contributed by atoms with van der Waals surface area (Å²) in [6.45, 7) is 2.15. The van der Waals surface area contributed by atoms with Crippen LogP contribution in [0.25, 0.3) is 22.3 Å². The van der Waals surface area contributed by atoms with Crippen molar-refractivity contribution in [3.63, 3.8) is 0 Å². The second-order valence-corrected chi connectivity index (χ2v) is 7.54. The van der Waals surface area contributed by atoms with Crippen molar-refractivity contribution in [2.75, 3.05) is 21.3 Å². The van der Waals surface area contributed by atoms with Crippen molar-refractivity contribution < 1.29 is 19.0 Å². The number of pyridine rings is 1. The highest BCUT2D eigenvalue weighted by atomic mass is 16.5. The smallest absolute Gasteiger partial charge is 0.252 e. The fourth-order valence-electron chi connectivity index (χ4n) is 3.90. The van der Waals surface area contributed by atoms with Crippen molar-refractivity contribution in [3.8, 4) is 28.5 Å². The average molecular weight is 447 g/mol. The number of carbonyl (C=O) groups is 1. The minimum atomic E-state index is -0.218. The maximum atomic E-state index is 13.3. The molecule has 2 aromatic heterocycles. The molecule has 170 valence electrons. The monoisotopic (exact) mass is 446 g/mol. The number of aryl methyl sites for hydroxylation is 2. The summed E-state index contributed by atoms with van der Waals surface area (Å²) in [5.74, 6) is 1.34. The zero-order valence-electron chi connectivity index (χ0n) is 19.3. The fourth-order valence-corrected chi connectivity index (χ4v) is 3.90. The van der Waals surface area contributed by atoms with Crippen molar-refractivity contribution >= 4 is 16.9 Å². The molecule has 0 aliphatic heterocycles. The van der Waals surface area contributed by atoms with E-state index in [9.17, 15) is 4.79 Å². The predicted octanol–water partition coefficient (Wildman–Crippen LogP) is 3.90. The molecule has 0 spiro atoms. The van der Waals surface area contributed by atoms with Crippen LogP contribution in [0.1, 0.15) is 21.6 Å². The molecule has 2 heterocycles. The Balaban J connectivity index is 1.70. The van der Waals surface area contributed by atoms with E-state index in [2.05, 4.69) is 10.4 Å². The number of hydrogen-bond donors (Lipinski definition) is 1. The van der Waals surface area contributed by atoms with Gasteiger partial charge in [-0.3, -0.25) is 9.48 Å². The number of nitrogens with one attached hydrogen (secondary N) is 1. The van der Waals surface area contributed by atoms with Crippen LogP contribution < -0.4 is 19.5 Å². The molecule has 0 unspecified atom stereocenters. The van der Waals surface area contributed by atoms with Crippen molar-refractivity contribution in [2.24, 2.45) is 7.05 Å². The van der Waals surface area contributed by atoms with Crippen molar-refractivity contribution in [1.82, 2.24) is 20.1 Å². The van der Waals surface area contributed by atoms with E-state index in [1.807, 2.05) is 62.5 Å². The van der Waals surface area contributed by atoms with E-state index in [4.69, 9.17) is 19.2 Å². The molecule has 0 aliphatic carbocycles. The van der Waals surface area contributed by atoms with Gasteiger partial charge >= 0.3 is 0 Å². The molecule has 2 aromatic carbocycles. The first-order chi connectivity index (χ1) is 16.0. The number of rotatable bonds is 7. The van der Waals surface area contributed by atoms with E-state index >= 15 is 0 Å². The Morgan fingerprint density at radius 1 is 1.00 bits per heavy atom. The molecular weight excluding hydrogens is 420 g/mol. The molecule has 0 fully saturated rings. The van der Waals surface area contributed by atoms with Crippen LogP contribution in [0.5, 0.6) is 17.2 Å². The molecule has 33 heavy (non-hydrogen) atoms. The van der Waals surface area contributed by atoms with Gasteiger partial charge < -0.3 is 19.5 Å². The maximum Gasteiger partial charge on any atom is 0.252 e. The largest absolute Gasteiger partial charge is 0.493 e. The predicted molar refractivity (Wildman–Crippen MR) is 126 cm³/mol. The van der Waals surface area contributed by atoms with Crippen molar-refractivity contribution in [3.05, 3.63) is 65.4 Å². The van der Waals surface area contributed by atoms with Crippen LogP contribution in [0.4, 0.5) is 0 Å². The number of carbonyl (C=O) groups excluding carboxylic acids is 1. The number of nitrogens with zero attached hydrogens (tertiary/aromatic N) is 3. The standard InChI is InChI=1S/C25H26N4O4/c1-15-22-18(13-19(17-9-7-6-8-10-17)27-24(22)29(2)28-15)25(30)26-14-16-11-20(31-3)23(33-5)21(12-16)32-4/h6-13H,14H2,1-5H3,(H,26,30). The summed E-state index contributed by atoms with van der Waals surface area (Å²) in [5.41, 5.74) is 4.39. The molecule has 4 rings (SSSR count). The Bertz CT molecular complexity index is 1290.